The van der Waals surface area contributed by atoms with E-state index in [0.717, 1.165) is 0 Å². The Bertz CT molecular complexity index is 552. The molecule has 0 fully saturated rings. The summed E-state index contributed by atoms with van der Waals surface area (Å²) in [5, 5.41) is 20.6. The smallest absolute Gasteiger partial charge is 0.336 e. The van der Waals surface area contributed by atoms with Gasteiger partial charge in [-0.3, -0.25) is 0 Å². The van der Waals surface area contributed by atoms with E-state index < -0.39 is 5.97 Å². The highest BCUT2D eigenvalue weighted by Gasteiger charge is 2.09. The van der Waals surface area contributed by atoms with Crippen LogP contribution >= 0.6 is 11.8 Å². The molecule has 0 aliphatic heterocycles. The van der Waals surface area contributed by atoms with Crippen LogP contribution in [0.2, 0.25) is 0 Å². The van der Waals surface area contributed by atoms with Crippen molar-refractivity contribution in [3.05, 3.63) is 54.1 Å². The molecule has 0 saturated carbocycles. The minimum absolute atomic E-state index is 0.0994. The van der Waals surface area contributed by atoms with Crippen molar-refractivity contribution in [1.29, 1.82) is 0 Å². The number of benzene rings is 2. The minimum Gasteiger partial charge on any atom is -0.872 e. The number of aromatic carboxylic acids is 1. The largest absolute Gasteiger partial charge is 0.872 e. The van der Waals surface area contributed by atoms with Crippen molar-refractivity contribution in [2.24, 2.45) is 0 Å². The summed E-state index contributed by atoms with van der Waals surface area (Å²) in [5.41, 5.74) is 0.209. The monoisotopic (exact) mass is 245 g/mol. The third-order valence-corrected chi connectivity index (χ3v) is 3.32. The summed E-state index contributed by atoms with van der Waals surface area (Å²) >= 11 is 1.18. The van der Waals surface area contributed by atoms with Crippen LogP contribution < -0.4 is 5.11 Å². The molecule has 2 aromatic carbocycles. The first kappa shape index (κ1) is 11.5. The summed E-state index contributed by atoms with van der Waals surface area (Å²) in [6, 6.07) is 13.2. The van der Waals surface area contributed by atoms with E-state index in [2.05, 4.69) is 0 Å². The number of hydrogen-bond donors (Lipinski definition) is 1. The third kappa shape index (κ3) is 2.60. The molecular weight excluding hydrogens is 236 g/mol. The molecule has 2 aromatic rings. The van der Waals surface area contributed by atoms with Crippen LogP contribution in [0.3, 0.4) is 0 Å². The first-order chi connectivity index (χ1) is 8.18. The zero-order valence-corrected chi connectivity index (χ0v) is 9.61. The molecule has 0 aliphatic rings. The lowest BCUT2D eigenvalue weighted by atomic mass is 10.2. The SMILES string of the molecule is O=C(O)c1ccccc1Sc1ccccc1[O-]. The molecule has 1 N–H and O–H groups in total. The summed E-state index contributed by atoms with van der Waals surface area (Å²) in [6.45, 7) is 0. The van der Waals surface area contributed by atoms with Gasteiger partial charge >= 0.3 is 5.97 Å². The van der Waals surface area contributed by atoms with Gasteiger partial charge in [-0.05, 0) is 18.2 Å². The maximum atomic E-state index is 11.5. The Kier molecular flexibility index (Phi) is 3.35. The predicted octanol–water partition coefficient (Wildman–Crippen LogP) is 2.61. The maximum Gasteiger partial charge on any atom is 0.336 e. The number of rotatable bonds is 3. The molecule has 0 spiro atoms. The summed E-state index contributed by atoms with van der Waals surface area (Å²) < 4.78 is 0. The molecule has 0 unspecified atom stereocenters. The maximum absolute atomic E-state index is 11.5. The molecule has 2 rings (SSSR count). The third-order valence-electron chi connectivity index (χ3n) is 2.19. The van der Waals surface area contributed by atoms with Crippen LogP contribution in [-0.4, -0.2) is 11.1 Å². The lowest BCUT2D eigenvalue weighted by Crippen LogP contribution is -1.98. The van der Waals surface area contributed by atoms with E-state index in [-0.39, 0.29) is 11.3 Å². The van der Waals surface area contributed by atoms with Crippen molar-refractivity contribution in [1.82, 2.24) is 0 Å². The van der Waals surface area contributed by atoms with Gasteiger partial charge in [0.25, 0.3) is 0 Å². The summed E-state index contributed by atoms with van der Waals surface area (Å²) in [6.07, 6.45) is 0. The number of carboxylic acid groups (broad SMARTS) is 1. The van der Waals surface area contributed by atoms with E-state index >= 15 is 0 Å². The van der Waals surface area contributed by atoms with Gasteiger partial charge < -0.3 is 10.2 Å². The van der Waals surface area contributed by atoms with Crippen molar-refractivity contribution in [3.8, 4) is 5.75 Å². The van der Waals surface area contributed by atoms with Crippen LogP contribution in [0.5, 0.6) is 5.75 Å². The van der Waals surface area contributed by atoms with Gasteiger partial charge in [-0.25, -0.2) is 4.79 Å². The predicted molar refractivity (Wildman–Crippen MR) is 63.4 cm³/mol. The van der Waals surface area contributed by atoms with Crippen LogP contribution in [0.25, 0.3) is 0 Å². The van der Waals surface area contributed by atoms with E-state index in [1.165, 1.54) is 23.9 Å². The van der Waals surface area contributed by atoms with Crippen molar-refractivity contribution in [2.45, 2.75) is 9.79 Å². The van der Waals surface area contributed by atoms with Crippen LogP contribution in [0, 0.1) is 0 Å². The first-order valence-electron chi connectivity index (χ1n) is 4.94. The highest BCUT2D eigenvalue weighted by atomic mass is 32.2. The van der Waals surface area contributed by atoms with E-state index in [9.17, 15) is 9.90 Å². The number of hydrogen-bond acceptors (Lipinski definition) is 3. The topological polar surface area (TPSA) is 60.4 Å². The Hall–Kier alpha value is -1.94. The molecule has 86 valence electrons. The number of carbonyl (C=O) groups is 1. The molecular formula is C13H9O3S-. The van der Waals surface area contributed by atoms with Crippen molar-refractivity contribution < 1.29 is 15.0 Å². The second-order valence-electron chi connectivity index (χ2n) is 3.35. The Morgan fingerprint density at radius 1 is 1.00 bits per heavy atom. The number of carboxylic acids is 1. The standard InChI is InChI=1S/C13H10O3S/c14-10-6-2-4-8-12(10)17-11-7-3-1-5-9(11)13(15)16/h1-8,14H,(H,15,16)/p-1. The molecule has 0 atom stereocenters. The highest BCUT2D eigenvalue weighted by Crippen LogP contribution is 2.34. The first-order valence-corrected chi connectivity index (χ1v) is 5.76. The molecule has 0 saturated heterocycles. The second-order valence-corrected chi connectivity index (χ2v) is 4.43. The fraction of sp³-hybridized carbons (Fsp3) is 0. The fourth-order valence-electron chi connectivity index (χ4n) is 1.39. The second kappa shape index (κ2) is 4.93. The Morgan fingerprint density at radius 2 is 1.59 bits per heavy atom. The average Bonchev–Trinajstić information content (AvgIpc) is 2.32. The van der Waals surface area contributed by atoms with Gasteiger partial charge in [0.1, 0.15) is 0 Å². The number of para-hydroxylation sites is 1. The van der Waals surface area contributed by atoms with Crippen LogP contribution in [0.1, 0.15) is 10.4 Å². The molecule has 0 radical (unpaired) electrons. The van der Waals surface area contributed by atoms with Crippen molar-refractivity contribution in [3.63, 3.8) is 0 Å². The normalized spacial score (nSPS) is 10.1. The van der Waals surface area contributed by atoms with E-state index in [1.807, 2.05) is 0 Å². The fourth-order valence-corrected chi connectivity index (χ4v) is 2.35. The van der Waals surface area contributed by atoms with Gasteiger partial charge in [-0.2, -0.15) is 0 Å². The molecule has 0 heterocycles. The summed E-state index contributed by atoms with van der Waals surface area (Å²) in [7, 11) is 0. The lowest BCUT2D eigenvalue weighted by molar-refractivity contribution is -0.272. The minimum atomic E-state index is -0.989. The zero-order chi connectivity index (χ0) is 12.3. The Balaban J connectivity index is 2.37. The Morgan fingerprint density at radius 3 is 2.24 bits per heavy atom. The van der Waals surface area contributed by atoms with Gasteiger partial charge in [0, 0.05) is 9.79 Å². The van der Waals surface area contributed by atoms with E-state index in [1.54, 1.807) is 36.4 Å². The molecule has 0 amide bonds. The van der Waals surface area contributed by atoms with E-state index in [4.69, 9.17) is 5.11 Å². The molecule has 0 aliphatic carbocycles. The van der Waals surface area contributed by atoms with Gasteiger partial charge in [0.15, 0.2) is 0 Å². The van der Waals surface area contributed by atoms with Crippen LogP contribution in [0.15, 0.2) is 58.3 Å². The summed E-state index contributed by atoms with van der Waals surface area (Å²) in [4.78, 5) is 12.1. The average molecular weight is 245 g/mol. The summed E-state index contributed by atoms with van der Waals surface area (Å²) in [5.74, 6) is -1.09. The van der Waals surface area contributed by atoms with Gasteiger partial charge in [0.2, 0.25) is 0 Å². The van der Waals surface area contributed by atoms with Gasteiger partial charge in [0.05, 0.1) is 5.56 Å². The van der Waals surface area contributed by atoms with Crippen LogP contribution in [0.4, 0.5) is 0 Å². The van der Waals surface area contributed by atoms with Crippen molar-refractivity contribution >= 4 is 17.7 Å². The highest BCUT2D eigenvalue weighted by molar-refractivity contribution is 7.99. The molecule has 0 aromatic heterocycles. The van der Waals surface area contributed by atoms with Gasteiger partial charge in [-0.15, -0.1) is 0 Å². The zero-order valence-electron chi connectivity index (χ0n) is 8.79. The quantitative estimate of drug-likeness (QED) is 0.903. The van der Waals surface area contributed by atoms with Gasteiger partial charge in [-0.1, -0.05) is 47.8 Å². The molecule has 0 bridgehead atoms. The molecule has 3 nitrogen and oxygen atoms in total. The van der Waals surface area contributed by atoms with Crippen LogP contribution in [-0.2, 0) is 0 Å². The molecule has 4 heteroatoms. The van der Waals surface area contributed by atoms with Crippen molar-refractivity contribution in [2.75, 3.05) is 0 Å². The Labute approximate surface area is 103 Å². The lowest BCUT2D eigenvalue weighted by Gasteiger charge is -2.13. The molecule has 17 heavy (non-hydrogen) atoms. The van der Waals surface area contributed by atoms with E-state index in [0.29, 0.717) is 9.79 Å².